The fourth-order valence-electron chi connectivity index (χ4n) is 2.08. The van der Waals surface area contributed by atoms with Gasteiger partial charge in [0.2, 0.25) is 10.0 Å². The highest BCUT2D eigenvalue weighted by Crippen LogP contribution is 2.15. The molecule has 0 aliphatic carbocycles. The van der Waals surface area contributed by atoms with E-state index in [1.807, 2.05) is 31.2 Å². The first-order valence-corrected chi connectivity index (χ1v) is 9.29. The van der Waals surface area contributed by atoms with Crippen LogP contribution in [-0.4, -0.2) is 33.7 Å². The zero-order chi connectivity index (χ0) is 17.6. The topological polar surface area (TPSA) is 84.5 Å². The predicted octanol–water partition coefficient (Wildman–Crippen LogP) is 2.18. The normalized spacial score (nSPS) is 10.9. The van der Waals surface area contributed by atoms with Gasteiger partial charge in [-0.2, -0.15) is 0 Å². The summed E-state index contributed by atoms with van der Waals surface area (Å²) in [7, 11) is -3.38. The van der Waals surface area contributed by atoms with Crippen molar-refractivity contribution in [2.75, 3.05) is 24.1 Å². The van der Waals surface area contributed by atoms with E-state index in [4.69, 9.17) is 4.74 Å². The molecule has 0 spiro atoms. The van der Waals surface area contributed by atoms with Crippen molar-refractivity contribution in [3.8, 4) is 5.75 Å². The molecule has 0 aliphatic heterocycles. The minimum absolute atomic E-state index is 0.291. The Kier molecular flexibility index (Phi) is 5.81. The Balaban J connectivity index is 1.86. The second-order valence-corrected chi connectivity index (χ2v) is 7.07. The zero-order valence-corrected chi connectivity index (χ0v) is 14.4. The van der Waals surface area contributed by atoms with Gasteiger partial charge in [0.15, 0.2) is 0 Å². The van der Waals surface area contributed by atoms with Crippen LogP contribution in [0.5, 0.6) is 5.75 Å². The molecule has 6 nitrogen and oxygen atoms in total. The van der Waals surface area contributed by atoms with Crippen LogP contribution in [0.4, 0.5) is 5.69 Å². The number of amides is 1. The third-order valence-corrected chi connectivity index (χ3v) is 3.77. The van der Waals surface area contributed by atoms with Crippen molar-refractivity contribution < 1.29 is 17.9 Å². The van der Waals surface area contributed by atoms with E-state index in [0.717, 1.165) is 17.6 Å². The van der Waals surface area contributed by atoms with E-state index in [-0.39, 0.29) is 5.91 Å². The fourth-order valence-corrected chi connectivity index (χ4v) is 2.64. The van der Waals surface area contributed by atoms with Crippen molar-refractivity contribution in [2.24, 2.45) is 0 Å². The molecular formula is C17H20N2O4S. The quantitative estimate of drug-likeness (QED) is 0.751. The Morgan fingerprint density at radius 2 is 1.88 bits per heavy atom. The summed E-state index contributed by atoms with van der Waals surface area (Å²) in [4.78, 5) is 12.1. The summed E-state index contributed by atoms with van der Waals surface area (Å²) >= 11 is 0. The van der Waals surface area contributed by atoms with Crippen molar-refractivity contribution in [3.63, 3.8) is 0 Å². The van der Waals surface area contributed by atoms with Crippen molar-refractivity contribution in [3.05, 3.63) is 59.7 Å². The molecule has 2 rings (SSSR count). The number of anilines is 1. The molecule has 128 valence electrons. The third-order valence-electron chi connectivity index (χ3n) is 3.17. The van der Waals surface area contributed by atoms with E-state index in [1.165, 1.54) is 6.07 Å². The Bertz CT molecular complexity index is 819. The standard InChI is InChI=1S/C17H20N2O4S/c1-13-6-3-4-9-16(13)23-11-10-18-17(20)14-7-5-8-15(12-14)19-24(2,21)22/h3-9,12,19H,10-11H2,1-2H3,(H,18,20). The summed E-state index contributed by atoms with van der Waals surface area (Å²) in [5.74, 6) is 0.492. The van der Waals surface area contributed by atoms with E-state index in [0.29, 0.717) is 24.4 Å². The molecule has 7 heteroatoms. The van der Waals surface area contributed by atoms with Crippen LogP contribution in [0.1, 0.15) is 15.9 Å². The molecule has 0 unspecified atom stereocenters. The molecule has 0 radical (unpaired) electrons. The van der Waals surface area contributed by atoms with Crippen molar-refractivity contribution in [1.29, 1.82) is 0 Å². The van der Waals surface area contributed by atoms with E-state index in [2.05, 4.69) is 10.0 Å². The van der Waals surface area contributed by atoms with Crippen LogP contribution >= 0.6 is 0 Å². The van der Waals surface area contributed by atoms with Gasteiger partial charge in [-0.05, 0) is 36.8 Å². The molecule has 0 heterocycles. The van der Waals surface area contributed by atoms with Crippen LogP contribution in [0, 0.1) is 6.92 Å². The number of hydrogen-bond donors (Lipinski definition) is 2. The van der Waals surface area contributed by atoms with E-state index in [9.17, 15) is 13.2 Å². The maximum atomic E-state index is 12.1. The number of ether oxygens (including phenoxy) is 1. The lowest BCUT2D eigenvalue weighted by molar-refractivity contribution is 0.0947. The maximum Gasteiger partial charge on any atom is 0.251 e. The molecular weight excluding hydrogens is 328 g/mol. The highest BCUT2D eigenvalue weighted by molar-refractivity contribution is 7.92. The Labute approximate surface area is 141 Å². The molecule has 0 fully saturated rings. The van der Waals surface area contributed by atoms with Gasteiger partial charge in [-0.1, -0.05) is 24.3 Å². The first kappa shape index (κ1) is 17.8. The van der Waals surface area contributed by atoms with Crippen molar-refractivity contribution >= 4 is 21.6 Å². The van der Waals surface area contributed by atoms with Crippen LogP contribution in [0.3, 0.4) is 0 Å². The number of aryl methyl sites for hydroxylation is 1. The van der Waals surface area contributed by atoms with Gasteiger partial charge in [0, 0.05) is 11.3 Å². The number of sulfonamides is 1. The van der Waals surface area contributed by atoms with Crippen LogP contribution in [0.25, 0.3) is 0 Å². The summed E-state index contributed by atoms with van der Waals surface area (Å²) in [5.41, 5.74) is 1.75. The van der Waals surface area contributed by atoms with Gasteiger partial charge in [0.1, 0.15) is 12.4 Å². The number of carbonyl (C=O) groups excluding carboxylic acids is 1. The molecule has 0 bridgehead atoms. The monoisotopic (exact) mass is 348 g/mol. The molecule has 0 aliphatic rings. The molecule has 0 atom stereocenters. The average Bonchev–Trinajstić information content (AvgIpc) is 2.51. The lowest BCUT2D eigenvalue weighted by atomic mass is 10.2. The van der Waals surface area contributed by atoms with Gasteiger partial charge in [0.25, 0.3) is 5.91 Å². The SMILES string of the molecule is Cc1ccccc1OCCNC(=O)c1cccc(NS(C)(=O)=O)c1. The minimum Gasteiger partial charge on any atom is -0.491 e. The Morgan fingerprint density at radius 1 is 1.12 bits per heavy atom. The largest absolute Gasteiger partial charge is 0.491 e. The number of nitrogens with one attached hydrogen (secondary N) is 2. The summed E-state index contributed by atoms with van der Waals surface area (Å²) in [6.45, 7) is 2.64. The summed E-state index contributed by atoms with van der Waals surface area (Å²) in [6.07, 6.45) is 1.06. The first-order valence-electron chi connectivity index (χ1n) is 7.39. The van der Waals surface area contributed by atoms with E-state index >= 15 is 0 Å². The van der Waals surface area contributed by atoms with Gasteiger partial charge in [0.05, 0.1) is 12.8 Å². The van der Waals surface area contributed by atoms with E-state index < -0.39 is 10.0 Å². The number of carbonyl (C=O) groups is 1. The first-order chi connectivity index (χ1) is 11.3. The molecule has 0 saturated heterocycles. The average molecular weight is 348 g/mol. The highest BCUT2D eigenvalue weighted by atomic mass is 32.2. The second-order valence-electron chi connectivity index (χ2n) is 5.32. The summed E-state index contributed by atoms with van der Waals surface area (Å²) in [5, 5.41) is 2.74. The van der Waals surface area contributed by atoms with Gasteiger partial charge in [-0.15, -0.1) is 0 Å². The van der Waals surface area contributed by atoms with Crippen molar-refractivity contribution in [1.82, 2.24) is 5.32 Å². The van der Waals surface area contributed by atoms with Gasteiger partial charge in [-0.3, -0.25) is 9.52 Å². The number of benzene rings is 2. The van der Waals surface area contributed by atoms with Crippen molar-refractivity contribution in [2.45, 2.75) is 6.92 Å². The van der Waals surface area contributed by atoms with E-state index in [1.54, 1.807) is 18.2 Å². The Hall–Kier alpha value is -2.54. The predicted molar refractivity (Wildman–Crippen MR) is 93.9 cm³/mol. The van der Waals surface area contributed by atoms with Gasteiger partial charge in [-0.25, -0.2) is 8.42 Å². The van der Waals surface area contributed by atoms with Crippen LogP contribution in [0.2, 0.25) is 0 Å². The summed E-state index contributed by atoms with van der Waals surface area (Å²) in [6, 6.07) is 13.9. The molecule has 2 N–H and O–H groups in total. The number of para-hydroxylation sites is 1. The summed E-state index contributed by atoms with van der Waals surface area (Å²) < 4.78 is 30.4. The Morgan fingerprint density at radius 3 is 2.58 bits per heavy atom. The fraction of sp³-hybridized carbons (Fsp3) is 0.235. The van der Waals surface area contributed by atoms with Gasteiger partial charge >= 0.3 is 0 Å². The number of rotatable bonds is 7. The zero-order valence-electron chi connectivity index (χ0n) is 13.6. The van der Waals surface area contributed by atoms with Crippen LogP contribution < -0.4 is 14.8 Å². The third kappa shape index (κ3) is 5.58. The molecule has 1 amide bonds. The molecule has 24 heavy (non-hydrogen) atoms. The van der Waals surface area contributed by atoms with Crippen LogP contribution in [-0.2, 0) is 10.0 Å². The second kappa shape index (κ2) is 7.83. The maximum absolute atomic E-state index is 12.1. The number of hydrogen-bond acceptors (Lipinski definition) is 4. The minimum atomic E-state index is -3.38. The van der Waals surface area contributed by atoms with Gasteiger partial charge < -0.3 is 10.1 Å². The lowest BCUT2D eigenvalue weighted by Crippen LogP contribution is -2.28. The molecule has 0 aromatic heterocycles. The smallest absolute Gasteiger partial charge is 0.251 e. The molecule has 2 aromatic carbocycles. The van der Waals surface area contributed by atoms with Crippen LogP contribution in [0.15, 0.2) is 48.5 Å². The highest BCUT2D eigenvalue weighted by Gasteiger charge is 2.08. The molecule has 0 saturated carbocycles. The molecule has 2 aromatic rings. The lowest BCUT2D eigenvalue weighted by Gasteiger charge is -2.10.